The minimum Gasteiger partial charge on any atom is -0.370 e. The van der Waals surface area contributed by atoms with Crippen LogP contribution < -0.4 is 0 Å². The molecule has 0 radical (unpaired) electrons. The van der Waals surface area contributed by atoms with E-state index < -0.39 is 8.03 Å². The molecule has 1 aliphatic rings. The zero-order chi connectivity index (χ0) is 7.40. The first-order valence-corrected chi connectivity index (χ1v) is 4.88. The van der Waals surface area contributed by atoms with Gasteiger partial charge in [0.05, 0.1) is 6.61 Å². The smallest absolute Gasteiger partial charge is 0.370 e. The minimum atomic E-state index is -1.40. The van der Waals surface area contributed by atoms with E-state index in [4.69, 9.17) is 9.26 Å². The average molecular weight is 163 g/mol. The first kappa shape index (κ1) is 8.12. The molecular formula is C6H12O3P+. The molecule has 1 aliphatic heterocycles. The summed E-state index contributed by atoms with van der Waals surface area (Å²) in [5.41, 5.74) is 0. The lowest BCUT2D eigenvalue weighted by Gasteiger charge is -1.84. The summed E-state index contributed by atoms with van der Waals surface area (Å²) < 4.78 is 20.7. The number of rotatable bonds is 5. The van der Waals surface area contributed by atoms with Crippen LogP contribution in [0.4, 0.5) is 0 Å². The quantitative estimate of drug-likeness (QED) is 0.456. The molecule has 1 fully saturated rings. The number of hydrogen-bond donors (Lipinski definition) is 0. The van der Waals surface area contributed by atoms with Crippen LogP contribution in [0.1, 0.15) is 13.3 Å². The largest absolute Gasteiger partial charge is 0.508 e. The molecule has 0 N–H and O–H groups in total. The summed E-state index contributed by atoms with van der Waals surface area (Å²) in [4.78, 5) is 0. The number of ether oxygens (including phenoxy) is 1. The van der Waals surface area contributed by atoms with Crippen molar-refractivity contribution < 1.29 is 13.8 Å². The van der Waals surface area contributed by atoms with Gasteiger partial charge in [-0.2, -0.15) is 0 Å². The van der Waals surface area contributed by atoms with E-state index in [9.17, 15) is 4.57 Å². The highest BCUT2D eigenvalue weighted by Gasteiger charge is 2.27. The van der Waals surface area contributed by atoms with Crippen molar-refractivity contribution in [3.05, 3.63) is 0 Å². The van der Waals surface area contributed by atoms with Gasteiger partial charge in [-0.1, -0.05) is 6.92 Å². The standard InChI is InChI=1S/C6H12O3P/c1-2-3-10(7)9-5-6-4-8-6/h6H,2-5H2,1H3/q+1. The van der Waals surface area contributed by atoms with Crippen LogP contribution in [0.15, 0.2) is 0 Å². The minimum absolute atomic E-state index is 0.232. The molecule has 2 atom stereocenters. The summed E-state index contributed by atoms with van der Waals surface area (Å²) in [5, 5.41) is 0. The summed E-state index contributed by atoms with van der Waals surface area (Å²) in [6.45, 7) is 3.27. The molecule has 0 amide bonds. The Hall–Kier alpha value is 0.0200. The summed E-state index contributed by atoms with van der Waals surface area (Å²) in [6, 6.07) is 0. The molecule has 1 rings (SSSR count). The summed E-state index contributed by atoms with van der Waals surface area (Å²) in [6.07, 6.45) is 1.82. The zero-order valence-corrected chi connectivity index (χ0v) is 6.97. The molecule has 2 unspecified atom stereocenters. The third kappa shape index (κ3) is 3.25. The van der Waals surface area contributed by atoms with Gasteiger partial charge < -0.3 is 4.74 Å². The Labute approximate surface area is 61.6 Å². The van der Waals surface area contributed by atoms with Gasteiger partial charge in [-0.05, 0) is 11.0 Å². The molecule has 0 aromatic carbocycles. The van der Waals surface area contributed by atoms with Crippen molar-refractivity contribution >= 4 is 8.03 Å². The highest BCUT2D eigenvalue weighted by molar-refractivity contribution is 7.39. The van der Waals surface area contributed by atoms with E-state index in [1.807, 2.05) is 6.92 Å². The van der Waals surface area contributed by atoms with Crippen LogP contribution in [-0.2, 0) is 13.8 Å². The predicted molar refractivity (Wildman–Crippen MR) is 38.5 cm³/mol. The third-order valence-corrected chi connectivity index (χ3v) is 2.46. The first-order chi connectivity index (χ1) is 4.83. The van der Waals surface area contributed by atoms with Crippen LogP contribution in [0, 0.1) is 0 Å². The van der Waals surface area contributed by atoms with Crippen LogP contribution in [0.2, 0.25) is 0 Å². The molecule has 1 heterocycles. The van der Waals surface area contributed by atoms with Gasteiger partial charge in [-0.3, -0.25) is 0 Å². The van der Waals surface area contributed by atoms with Crippen molar-refractivity contribution in [2.24, 2.45) is 0 Å². The second-order valence-corrected chi connectivity index (χ2v) is 3.68. The van der Waals surface area contributed by atoms with E-state index in [-0.39, 0.29) is 6.10 Å². The predicted octanol–water partition coefficient (Wildman–Crippen LogP) is 1.55. The normalized spacial score (nSPS) is 24.5. The molecule has 0 saturated carbocycles. The van der Waals surface area contributed by atoms with Crippen LogP contribution >= 0.6 is 8.03 Å². The summed E-state index contributed by atoms with van der Waals surface area (Å²) in [5.74, 6) is 0. The highest BCUT2D eigenvalue weighted by Crippen LogP contribution is 2.25. The second kappa shape index (κ2) is 4.02. The molecule has 0 bridgehead atoms. The number of hydrogen-bond acceptors (Lipinski definition) is 3. The van der Waals surface area contributed by atoms with E-state index in [0.29, 0.717) is 12.8 Å². The van der Waals surface area contributed by atoms with E-state index >= 15 is 0 Å². The third-order valence-electron chi connectivity index (χ3n) is 1.21. The van der Waals surface area contributed by atoms with Crippen molar-refractivity contribution in [2.45, 2.75) is 19.4 Å². The van der Waals surface area contributed by atoms with Crippen molar-refractivity contribution in [3.8, 4) is 0 Å². The van der Waals surface area contributed by atoms with E-state index in [1.165, 1.54) is 0 Å². The first-order valence-electron chi connectivity index (χ1n) is 3.52. The van der Waals surface area contributed by atoms with Crippen molar-refractivity contribution in [1.82, 2.24) is 0 Å². The molecule has 0 aromatic rings. The maximum atomic E-state index is 10.8. The molecule has 0 aliphatic carbocycles. The zero-order valence-electron chi connectivity index (χ0n) is 6.08. The van der Waals surface area contributed by atoms with Gasteiger partial charge in [0.2, 0.25) is 0 Å². The molecular weight excluding hydrogens is 151 g/mol. The van der Waals surface area contributed by atoms with Gasteiger partial charge in [-0.25, -0.2) is 0 Å². The van der Waals surface area contributed by atoms with Crippen molar-refractivity contribution in [1.29, 1.82) is 0 Å². The summed E-state index contributed by atoms with van der Waals surface area (Å²) >= 11 is 0. The Bertz CT molecular complexity index is 122. The molecule has 0 spiro atoms. The highest BCUT2D eigenvalue weighted by atomic mass is 31.1. The molecule has 58 valence electrons. The fourth-order valence-corrected chi connectivity index (χ4v) is 1.40. The van der Waals surface area contributed by atoms with E-state index in [0.717, 1.165) is 13.0 Å². The van der Waals surface area contributed by atoms with Crippen LogP contribution in [0.25, 0.3) is 0 Å². The fraction of sp³-hybridized carbons (Fsp3) is 1.00. The van der Waals surface area contributed by atoms with Gasteiger partial charge >= 0.3 is 8.03 Å². The average Bonchev–Trinajstić information content (AvgIpc) is 2.67. The Morgan fingerprint density at radius 3 is 3.00 bits per heavy atom. The van der Waals surface area contributed by atoms with Gasteiger partial charge in [0, 0.05) is 0 Å². The molecule has 3 nitrogen and oxygen atoms in total. The van der Waals surface area contributed by atoms with Crippen molar-refractivity contribution in [3.63, 3.8) is 0 Å². The van der Waals surface area contributed by atoms with Gasteiger partial charge in [0.15, 0.2) is 6.16 Å². The van der Waals surface area contributed by atoms with Gasteiger partial charge in [0.25, 0.3) is 0 Å². The topological polar surface area (TPSA) is 38.8 Å². The Kier molecular flexibility index (Phi) is 3.26. The van der Waals surface area contributed by atoms with E-state index in [1.54, 1.807) is 0 Å². The lowest BCUT2D eigenvalue weighted by atomic mass is 10.5. The lowest BCUT2D eigenvalue weighted by molar-refractivity contribution is 0.272. The molecule has 10 heavy (non-hydrogen) atoms. The second-order valence-electron chi connectivity index (χ2n) is 2.31. The van der Waals surface area contributed by atoms with Crippen LogP contribution in [-0.4, -0.2) is 25.5 Å². The monoisotopic (exact) mass is 163 g/mol. The summed E-state index contributed by atoms with van der Waals surface area (Å²) in [7, 11) is -1.40. The lowest BCUT2D eigenvalue weighted by Crippen LogP contribution is -1.95. The van der Waals surface area contributed by atoms with Crippen molar-refractivity contribution in [2.75, 3.05) is 19.4 Å². The van der Waals surface area contributed by atoms with Gasteiger partial charge in [0.1, 0.15) is 12.7 Å². The Morgan fingerprint density at radius 1 is 1.80 bits per heavy atom. The molecule has 1 saturated heterocycles. The maximum absolute atomic E-state index is 10.8. The SMILES string of the molecule is CCC[P+](=O)OCC1CO1. The molecule has 0 aromatic heterocycles. The maximum Gasteiger partial charge on any atom is 0.508 e. The van der Waals surface area contributed by atoms with Crippen LogP contribution in [0.3, 0.4) is 0 Å². The number of epoxide rings is 1. The van der Waals surface area contributed by atoms with Crippen LogP contribution in [0.5, 0.6) is 0 Å². The Morgan fingerprint density at radius 2 is 2.50 bits per heavy atom. The van der Waals surface area contributed by atoms with Gasteiger partial charge in [-0.15, -0.1) is 4.52 Å². The molecule has 4 heteroatoms. The fourth-order valence-electron chi connectivity index (χ4n) is 0.578. The van der Waals surface area contributed by atoms with E-state index in [2.05, 4.69) is 0 Å². The Balaban J connectivity index is 1.94.